The zero-order chi connectivity index (χ0) is 21.7. The standard InChI is InChI=1S/C23H26N2O5/c1-23(2,3)30-22(28)25-18(21(26)27)12-16-13-24-20-17(16)10-7-11-19(20)29-14-15-8-5-4-6-9-15/h4-11,13,18,24H,12,14H2,1-3H3,(H,25,28)(H,26,27). The number of hydrogen-bond acceptors (Lipinski definition) is 4. The van der Waals surface area contributed by atoms with Gasteiger partial charge in [-0.05, 0) is 38.0 Å². The number of alkyl carbamates (subject to hydrolysis) is 1. The molecule has 0 aliphatic carbocycles. The fourth-order valence-corrected chi connectivity index (χ4v) is 3.08. The lowest BCUT2D eigenvalue weighted by atomic mass is 10.0. The molecule has 0 radical (unpaired) electrons. The average molecular weight is 410 g/mol. The molecule has 1 amide bonds. The molecule has 3 aromatic rings. The van der Waals surface area contributed by atoms with E-state index in [9.17, 15) is 14.7 Å². The van der Waals surface area contributed by atoms with E-state index in [1.807, 2.05) is 48.5 Å². The van der Waals surface area contributed by atoms with Crippen LogP contribution < -0.4 is 10.1 Å². The molecule has 0 bridgehead atoms. The zero-order valence-corrected chi connectivity index (χ0v) is 17.3. The fraction of sp³-hybridized carbons (Fsp3) is 0.304. The van der Waals surface area contributed by atoms with E-state index in [1.54, 1.807) is 27.0 Å². The van der Waals surface area contributed by atoms with Gasteiger partial charge in [0.1, 0.15) is 24.0 Å². The molecule has 3 N–H and O–H groups in total. The zero-order valence-electron chi connectivity index (χ0n) is 17.3. The number of aliphatic carboxylic acids is 1. The molecule has 0 aliphatic rings. The van der Waals surface area contributed by atoms with Gasteiger partial charge in [-0.1, -0.05) is 42.5 Å². The van der Waals surface area contributed by atoms with E-state index in [2.05, 4.69) is 10.3 Å². The maximum Gasteiger partial charge on any atom is 0.408 e. The van der Waals surface area contributed by atoms with Crippen LogP contribution >= 0.6 is 0 Å². The van der Waals surface area contributed by atoms with Crippen molar-refractivity contribution in [2.24, 2.45) is 0 Å². The summed E-state index contributed by atoms with van der Waals surface area (Å²) in [6, 6.07) is 14.3. The molecule has 2 aromatic carbocycles. The molecule has 7 nitrogen and oxygen atoms in total. The molecule has 1 atom stereocenters. The quantitative estimate of drug-likeness (QED) is 0.540. The number of para-hydroxylation sites is 1. The number of H-pyrrole nitrogens is 1. The van der Waals surface area contributed by atoms with Crippen molar-refractivity contribution in [1.29, 1.82) is 0 Å². The third-order valence-corrected chi connectivity index (χ3v) is 4.41. The Morgan fingerprint density at radius 3 is 2.50 bits per heavy atom. The molecule has 30 heavy (non-hydrogen) atoms. The number of carboxylic acids is 1. The van der Waals surface area contributed by atoms with Gasteiger partial charge < -0.3 is 24.9 Å². The molecule has 158 valence electrons. The summed E-state index contributed by atoms with van der Waals surface area (Å²) < 4.78 is 11.1. The summed E-state index contributed by atoms with van der Waals surface area (Å²) in [4.78, 5) is 26.9. The van der Waals surface area contributed by atoms with Crippen LogP contribution in [0.15, 0.2) is 54.7 Å². The number of aromatic amines is 1. The molecule has 1 unspecified atom stereocenters. The van der Waals surface area contributed by atoms with Crippen LogP contribution in [-0.4, -0.2) is 33.8 Å². The van der Waals surface area contributed by atoms with Crippen LogP contribution in [0.3, 0.4) is 0 Å². The molecule has 0 spiro atoms. The highest BCUT2D eigenvalue weighted by Crippen LogP contribution is 2.28. The summed E-state index contributed by atoms with van der Waals surface area (Å²) in [5.41, 5.74) is 1.89. The van der Waals surface area contributed by atoms with Crippen LogP contribution in [0.1, 0.15) is 31.9 Å². The van der Waals surface area contributed by atoms with Crippen LogP contribution in [0.4, 0.5) is 4.79 Å². The van der Waals surface area contributed by atoms with Crippen molar-refractivity contribution in [3.05, 3.63) is 65.9 Å². The van der Waals surface area contributed by atoms with Crippen LogP contribution in [-0.2, 0) is 22.6 Å². The van der Waals surface area contributed by atoms with Crippen LogP contribution in [0.25, 0.3) is 10.9 Å². The predicted octanol–water partition coefficient (Wildman–Crippen LogP) is 4.27. The number of carbonyl (C=O) groups excluding carboxylic acids is 1. The molecule has 3 rings (SSSR count). The van der Waals surface area contributed by atoms with Gasteiger partial charge in [0.15, 0.2) is 0 Å². The average Bonchev–Trinajstić information content (AvgIpc) is 3.08. The van der Waals surface area contributed by atoms with Crippen LogP contribution in [0.2, 0.25) is 0 Å². The third kappa shape index (κ3) is 5.53. The van der Waals surface area contributed by atoms with Gasteiger partial charge in [0, 0.05) is 18.0 Å². The Bertz CT molecular complexity index is 1020. The van der Waals surface area contributed by atoms with Gasteiger partial charge in [0.25, 0.3) is 0 Å². The summed E-state index contributed by atoms with van der Waals surface area (Å²) in [6.07, 6.45) is 1.09. The molecule has 0 saturated carbocycles. The number of benzene rings is 2. The second-order valence-corrected chi connectivity index (χ2v) is 8.01. The number of ether oxygens (including phenoxy) is 2. The second kappa shape index (κ2) is 8.90. The minimum atomic E-state index is -1.13. The monoisotopic (exact) mass is 410 g/mol. The van der Waals surface area contributed by atoms with Crippen molar-refractivity contribution >= 4 is 23.0 Å². The van der Waals surface area contributed by atoms with Crippen molar-refractivity contribution in [2.75, 3.05) is 0 Å². The molecular weight excluding hydrogens is 384 g/mol. The van der Waals surface area contributed by atoms with Gasteiger partial charge >= 0.3 is 12.1 Å². The van der Waals surface area contributed by atoms with Crippen molar-refractivity contribution in [3.63, 3.8) is 0 Å². The maximum atomic E-state index is 12.0. The molecule has 0 aliphatic heterocycles. The second-order valence-electron chi connectivity index (χ2n) is 8.01. The molecular formula is C23H26N2O5. The largest absolute Gasteiger partial charge is 0.487 e. The van der Waals surface area contributed by atoms with E-state index < -0.39 is 23.7 Å². The van der Waals surface area contributed by atoms with Gasteiger partial charge in [-0.2, -0.15) is 0 Å². The van der Waals surface area contributed by atoms with E-state index in [-0.39, 0.29) is 6.42 Å². The lowest BCUT2D eigenvalue weighted by molar-refractivity contribution is -0.139. The first-order valence-corrected chi connectivity index (χ1v) is 9.71. The third-order valence-electron chi connectivity index (χ3n) is 4.41. The maximum absolute atomic E-state index is 12.0. The Balaban J connectivity index is 1.75. The molecule has 0 fully saturated rings. The normalized spacial score (nSPS) is 12.4. The minimum absolute atomic E-state index is 0.108. The summed E-state index contributed by atoms with van der Waals surface area (Å²) in [5, 5.41) is 12.8. The summed E-state index contributed by atoms with van der Waals surface area (Å²) in [7, 11) is 0. The Morgan fingerprint density at radius 1 is 1.10 bits per heavy atom. The number of carboxylic acid groups (broad SMARTS) is 1. The Morgan fingerprint density at radius 2 is 1.83 bits per heavy atom. The number of nitrogens with one attached hydrogen (secondary N) is 2. The Labute approximate surface area is 175 Å². The van der Waals surface area contributed by atoms with E-state index in [4.69, 9.17) is 9.47 Å². The summed E-state index contributed by atoms with van der Waals surface area (Å²) in [6.45, 7) is 5.59. The number of rotatable bonds is 7. The van der Waals surface area contributed by atoms with Crippen LogP contribution in [0, 0.1) is 0 Å². The first-order valence-electron chi connectivity index (χ1n) is 9.71. The highest BCUT2D eigenvalue weighted by Gasteiger charge is 2.25. The van der Waals surface area contributed by atoms with E-state index in [1.165, 1.54) is 0 Å². The minimum Gasteiger partial charge on any atom is -0.487 e. The first-order chi connectivity index (χ1) is 14.2. The topological polar surface area (TPSA) is 101 Å². The van der Waals surface area contributed by atoms with Crippen molar-refractivity contribution < 1.29 is 24.2 Å². The van der Waals surface area contributed by atoms with E-state index in [0.717, 1.165) is 22.0 Å². The van der Waals surface area contributed by atoms with Crippen LogP contribution in [0.5, 0.6) is 5.75 Å². The number of fused-ring (bicyclic) bond motifs is 1. The van der Waals surface area contributed by atoms with Gasteiger partial charge in [-0.15, -0.1) is 0 Å². The highest BCUT2D eigenvalue weighted by atomic mass is 16.6. The van der Waals surface area contributed by atoms with Gasteiger partial charge in [-0.25, -0.2) is 9.59 Å². The van der Waals surface area contributed by atoms with E-state index in [0.29, 0.717) is 12.4 Å². The van der Waals surface area contributed by atoms with Gasteiger partial charge in [0.2, 0.25) is 0 Å². The lowest BCUT2D eigenvalue weighted by Crippen LogP contribution is -2.44. The number of hydrogen-bond donors (Lipinski definition) is 3. The number of amides is 1. The smallest absolute Gasteiger partial charge is 0.408 e. The first kappa shape index (κ1) is 21.2. The molecule has 1 heterocycles. The van der Waals surface area contributed by atoms with Gasteiger partial charge in [0.05, 0.1) is 5.52 Å². The summed E-state index contributed by atoms with van der Waals surface area (Å²) >= 11 is 0. The van der Waals surface area contributed by atoms with E-state index >= 15 is 0 Å². The molecule has 1 aromatic heterocycles. The van der Waals surface area contributed by atoms with Crippen molar-refractivity contribution in [2.45, 2.75) is 45.4 Å². The molecule has 0 saturated heterocycles. The fourth-order valence-electron chi connectivity index (χ4n) is 3.08. The van der Waals surface area contributed by atoms with Crippen molar-refractivity contribution in [3.8, 4) is 5.75 Å². The van der Waals surface area contributed by atoms with Gasteiger partial charge in [-0.3, -0.25) is 0 Å². The molecule has 7 heteroatoms. The number of carbonyl (C=O) groups is 2. The predicted molar refractivity (Wildman–Crippen MR) is 114 cm³/mol. The summed E-state index contributed by atoms with van der Waals surface area (Å²) in [5.74, 6) is -0.457. The van der Waals surface area contributed by atoms with Crippen molar-refractivity contribution in [1.82, 2.24) is 10.3 Å². The Hall–Kier alpha value is -3.48. The SMILES string of the molecule is CC(C)(C)OC(=O)NC(Cc1c[nH]c2c(OCc3ccccc3)cccc12)C(=O)O. The lowest BCUT2D eigenvalue weighted by Gasteiger charge is -2.22. The number of aromatic nitrogens is 1. The Kier molecular flexibility index (Phi) is 6.30. The highest BCUT2D eigenvalue weighted by molar-refractivity contribution is 5.89.